The van der Waals surface area contributed by atoms with E-state index in [1.165, 1.54) is 0 Å². The van der Waals surface area contributed by atoms with Crippen LogP contribution in [0.3, 0.4) is 0 Å². The lowest BCUT2D eigenvalue weighted by Gasteiger charge is -1.97. The molecular weight excluding hydrogens is 169 g/mol. The molecule has 1 nitrogen and oxygen atoms in total. The number of nitrogens with two attached hydrogens (primary N) is 1. The standard InChI is InChI=1S/C7H6Cl2N/c8-6-2-1-5(4-10)3-7(6)9/h2-3H,4,10H2. The Balaban J connectivity index is 3.04. The first-order chi connectivity index (χ1) is 4.74. The van der Waals surface area contributed by atoms with E-state index in [-0.39, 0.29) is 0 Å². The van der Waals surface area contributed by atoms with Crippen molar-refractivity contribution in [2.45, 2.75) is 6.54 Å². The van der Waals surface area contributed by atoms with Crippen LogP contribution < -0.4 is 5.73 Å². The largest absolute Gasteiger partial charge is 0.326 e. The van der Waals surface area contributed by atoms with Gasteiger partial charge in [0.1, 0.15) is 0 Å². The third kappa shape index (κ3) is 1.63. The molecule has 0 aromatic heterocycles. The molecule has 1 aromatic carbocycles. The SMILES string of the molecule is NCc1[c]cc(Cl)c(Cl)c1. The van der Waals surface area contributed by atoms with E-state index in [1.54, 1.807) is 12.1 Å². The van der Waals surface area contributed by atoms with Crippen molar-refractivity contribution >= 4 is 23.2 Å². The Morgan fingerprint density at radius 2 is 2.10 bits per heavy atom. The lowest BCUT2D eigenvalue weighted by Crippen LogP contribution is -1.95. The van der Waals surface area contributed by atoms with Gasteiger partial charge in [-0.05, 0) is 23.8 Å². The van der Waals surface area contributed by atoms with Gasteiger partial charge >= 0.3 is 0 Å². The van der Waals surface area contributed by atoms with Gasteiger partial charge < -0.3 is 5.73 Å². The maximum atomic E-state index is 5.69. The summed E-state index contributed by atoms with van der Waals surface area (Å²) in [7, 11) is 0. The summed E-state index contributed by atoms with van der Waals surface area (Å²) in [6.07, 6.45) is 0. The van der Waals surface area contributed by atoms with Gasteiger partial charge in [-0.25, -0.2) is 0 Å². The highest BCUT2D eigenvalue weighted by molar-refractivity contribution is 6.41. The molecule has 0 amide bonds. The zero-order chi connectivity index (χ0) is 7.56. The van der Waals surface area contributed by atoms with Crippen molar-refractivity contribution in [3.63, 3.8) is 0 Å². The van der Waals surface area contributed by atoms with E-state index in [4.69, 9.17) is 28.9 Å². The predicted molar refractivity (Wildman–Crippen MR) is 43.2 cm³/mol. The number of halogens is 2. The highest BCUT2D eigenvalue weighted by atomic mass is 35.5. The van der Waals surface area contributed by atoms with Gasteiger partial charge in [0, 0.05) is 6.54 Å². The van der Waals surface area contributed by atoms with Crippen molar-refractivity contribution in [2.24, 2.45) is 5.73 Å². The van der Waals surface area contributed by atoms with Crippen LogP contribution in [0, 0.1) is 6.07 Å². The van der Waals surface area contributed by atoms with Crippen LogP contribution in [0.5, 0.6) is 0 Å². The minimum absolute atomic E-state index is 0.441. The monoisotopic (exact) mass is 174 g/mol. The van der Waals surface area contributed by atoms with Crippen molar-refractivity contribution in [1.82, 2.24) is 0 Å². The Morgan fingerprint density at radius 3 is 2.60 bits per heavy atom. The third-order valence-electron chi connectivity index (χ3n) is 1.13. The summed E-state index contributed by atoms with van der Waals surface area (Å²) in [5, 5.41) is 1.04. The molecule has 0 aliphatic carbocycles. The first-order valence-electron chi connectivity index (χ1n) is 2.79. The second-order valence-electron chi connectivity index (χ2n) is 1.86. The van der Waals surface area contributed by atoms with Crippen LogP contribution >= 0.6 is 23.2 Å². The average Bonchev–Trinajstić information content (AvgIpc) is 1.95. The second-order valence-corrected chi connectivity index (χ2v) is 2.67. The summed E-state index contributed by atoms with van der Waals surface area (Å²) in [6, 6.07) is 6.22. The zero-order valence-electron chi connectivity index (χ0n) is 5.20. The Labute approximate surface area is 69.7 Å². The lowest BCUT2D eigenvalue weighted by molar-refractivity contribution is 1.07. The minimum Gasteiger partial charge on any atom is -0.326 e. The summed E-state index contributed by atoms with van der Waals surface area (Å²) in [6.45, 7) is 0.441. The van der Waals surface area contributed by atoms with Crippen LogP contribution in [-0.4, -0.2) is 0 Å². The molecule has 1 radical (unpaired) electrons. The summed E-state index contributed by atoms with van der Waals surface area (Å²) in [5.41, 5.74) is 6.21. The van der Waals surface area contributed by atoms with Crippen molar-refractivity contribution in [3.8, 4) is 0 Å². The topological polar surface area (TPSA) is 26.0 Å². The van der Waals surface area contributed by atoms with Crippen LogP contribution in [0.2, 0.25) is 10.0 Å². The van der Waals surface area contributed by atoms with Gasteiger partial charge in [0.15, 0.2) is 0 Å². The van der Waals surface area contributed by atoms with Gasteiger partial charge in [0.25, 0.3) is 0 Å². The maximum Gasteiger partial charge on any atom is 0.0598 e. The average molecular weight is 175 g/mol. The Morgan fingerprint density at radius 1 is 1.40 bits per heavy atom. The van der Waals surface area contributed by atoms with Gasteiger partial charge in [-0.1, -0.05) is 23.2 Å². The molecule has 0 fully saturated rings. The molecule has 0 aliphatic heterocycles. The molecule has 0 aliphatic rings. The van der Waals surface area contributed by atoms with E-state index < -0.39 is 0 Å². The molecule has 0 unspecified atom stereocenters. The van der Waals surface area contributed by atoms with Crippen molar-refractivity contribution in [2.75, 3.05) is 0 Å². The molecule has 10 heavy (non-hydrogen) atoms. The van der Waals surface area contributed by atoms with Crippen LogP contribution in [0.1, 0.15) is 5.56 Å². The maximum absolute atomic E-state index is 5.69. The number of hydrogen-bond donors (Lipinski definition) is 1. The lowest BCUT2D eigenvalue weighted by atomic mass is 10.2. The van der Waals surface area contributed by atoms with Gasteiger partial charge in [-0.3, -0.25) is 0 Å². The van der Waals surface area contributed by atoms with Gasteiger partial charge in [-0.2, -0.15) is 0 Å². The Bertz CT molecular complexity index is 235. The van der Waals surface area contributed by atoms with Gasteiger partial charge in [0.05, 0.1) is 10.0 Å². The molecule has 2 N–H and O–H groups in total. The Kier molecular flexibility index (Phi) is 2.55. The first-order valence-corrected chi connectivity index (χ1v) is 3.55. The fourth-order valence-electron chi connectivity index (χ4n) is 0.606. The summed E-state index contributed by atoms with van der Waals surface area (Å²) >= 11 is 11.3. The van der Waals surface area contributed by atoms with Crippen molar-refractivity contribution < 1.29 is 0 Å². The smallest absolute Gasteiger partial charge is 0.0598 e. The van der Waals surface area contributed by atoms with Crippen molar-refractivity contribution in [3.05, 3.63) is 33.8 Å². The summed E-state index contributed by atoms with van der Waals surface area (Å²) in [4.78, 5) is 0. The molecule has 0 saturated carbocycles. The van der Waals surface area contributed by atoms with E-state index in [2.05, 4.69) is 6.07 Å². The molecule has 1 rings (SSSR count). The molecule has 0 bridgehead atoms. The minimum atomic E-state index is 0.441. The van der Waals surface area contributed by atoms with E-state index in [0.717, 1.165) is 5.56 Å². The van der Waals surface area contributed by atoms with E-state index in [0.29, 0.717) is 16.6 Å². The molecule has 3 heteroatoms. The molecule has 0 spiro atoms. The van der Waals surface area contributed by atoms with Gasteiger partial charge in [-0.15, -0.1) is 0 Å². The highest BCUT2D eigenvalue weighted by Crippen LogP contribution is 2.21. The summed E-state index contributed by atoms with van der Waals surface area (Å²) in [5.74, 6) is 0. The number of hydrogen-bond acceptors (Lipinski definition) is 1. The molecule has 53 valence electrons. The van der Waals surface area contributed by atoms with Crippen molar-refractivity contribution in [1.29, 1.82) is 0 Å². The van der Waals surface area contributed by atoms with E-state index in [9.17, 15) is 0 Å². The van der Waals surface area contributed by atoms with Crippen LogP contribution in [0.4, 0.5) is 0 Å². The Hall–Kier alpha value is -0.240. The summed E-state index contributed by atoms with van der Waals surface area (Å²) < 4.78 is 0. The quantitative estimate of drug-likeness (QED) is 0.695. The molecule has 0 saturated heterocycles. The highest BCUT2D eigenvalue weighted by Gasteiger charge is 1.96. The fourth-order valence-corrected chi connectivity index (χ4v) is 0.902. The molecule has 0 heterocycles. The second kappa shape index (κ2) is 3.24. The molecular formula is C7H6Cl2N. The third-order valence-corrected chi connectivity index (χ3v) is 1.86. The fraction of sp³-hybridized carbons (Fsp3) is 0.143. The van der Waals surface area contributed by atoms with E-state index >= 15 is 0 Å². The normalized spacial score (nSPS) is 9.90. The number of benzene rings is 1. The van der Waals surface area contributed by atoms with E-state index in [1.807, 2.05) is 0 Å². The molecule has 0 atom stereocenters. The van der Waals surface area contributed by atoms with Crippen LogP contribution in [-0.2, 0) is 6.54 Å². The van der Waals surface area contributed by atoms with Crippen LogP contribution in [0.15, 0.2) is 12.1 Å². The zero-order valence-corrected chi connectivity index (χ0v) is 6.71. The first kappa shape index (κ1) is 7.86. The molecule has 1 aromatic rings. The van der Waals surface area contributed by atoms with Gasteiger partial charge in [0.2, 0.25) is 0 Å². The number of rotatable bonds is 1. The van der Waals surface area contributed by atoms with Crippen LogP contribution in [0.25, 0.3) is 0 Å². The predicted octanol–water partition coefficient (Wildman–Crippen LogP) is 2.25.